The van der Waals surface area contributed by atoms with Gasteiger partial charge in [0.05, 0.1) is 23.4 Å². The van der Waals surface area contributed by atoms with Crippen molar-refractivity contribution in [1.29, 1.82) is 0 Å². The number of hydrogen-bond donors (Lipinski definition) is 1. The molecule has 1 N–H and O–H groups in total. The van der Waals surface area contributed by atoms with Gasteiger partial charge in [-0.2, -0.15) is 10.2 Å². The quantitative estimate of drug-likeness (QED) is 0.480. The molecular weight excluding hydrogens is 402 g/mol. The van der Waals surface area contributed by atoms with Crippen molar-refractivity contribution >= 4 is 22.7 Å². The highest BCUT2D eigenvalue weighted by Crippen LogP contribution is 2.25. The summed E-state index contributed by atoms with van der Waals surface area (Å²) in [5, 5.41) is 16.1. The van der Waals surface area contributed by atoms with Gasteiger partial charge in [-0.3, -0.25) is 9.67 Å². The van der Waals surface area contributed by atoms with Gasteiger partial charge in [0.15, 0.2) is 5.82 Å². The first-order valence-electron chi connectivity index (χ1n) is 11.1. The van der Waals surface area contributed by atoms with Crippen molar-refractivity contribution in [1.82, 2.24) is 29.9 Å². The van der Waals surface area contributed by atoms with Crippen LogP contribution in [-0.2, 0) is 11.3 Å². The van der Waals surface area contributed by atoms with Crippen LogP contribution in [0.3, 0.4) is 0 Å². The molecule has 1 fully saturated rings. The van der Waals surface area contributed by atoms with E-state index in [1.165, 1.54) is 0 Å². The molecule has 0 amide bonds. The fraction of sp³-hybridized carbons (Fsp3) is 0.375. The predicted octanol–water partition coefficient (Wildman–Crippen LogP) is 4.58. The summed E-state index contributed by atoms with van der Waals surface area (Å²) >= 11 is 0. The molecule has 4 aromatic heterocycles. The monoisotopic (exact) mass is 429 g/mol. The van der Waals surface area contributed by atoms with Crippen molar-refractivity contribution in [3.05, 3.63) is 54.6 Å². The first kappa shape index (κ1) is 20.5. The predicted molar refractivity (Wildman–Crippen MR) is 124 cm³/mol. The van der Waals surface area contributed by atoms with Gasteiger partial charge in [0.25, 0.3) is 0 Å². The van der Waals surface area contributed by atoms with E-state index < -0.39 is 0 Å². The molecule has 0 radical (unpaired) electrons. The Kier molecular flexibility index (Phi) is 5.77. The molecule has 8 nitrogen and oxygen atoms in total. The van der Waals surface area contributed by atoms with Crippen LogP contribution in [0, 0.1) is 5.92 Å². The summed E-state index contributed by atoms with van der Waals surface area (Å²) in [5.41, 5.74) is 4.84. The molecule has 0 saturated carbocycles. The van der Waals surface area contributed by atoms with E-state index >= 15 is 0 Å². The number of nitrogens with zero attached hydrogens (tertiary/aromatic N) is 6. The fourth-order valence-corrected chi connectivity index (χ4v) is 3.93. The van der Waals surface area contributed by atoms with E-state index in [2.05, 4.69) is 51.7 Å². The van der Waals surface area contributed by atoms with Crippen LogP contribution >= 0.6 is 0 Å². The Labute approximate surface area is 187 Å². The van der Waals surface area contributed by atoms with E-state index in [0.29, 0.717) is 23.5 Å². The highest BCUT2D eigenvalue weighted by molar-refractivity contribution is 5.81. The van der Waals surface area contributed by atoms with Gasteiger partial charge in [-0.1, -0.05) is 13.8 Å². The summed E-state index contributed by atoms with van der Waals surface area (Å²) in [4.78, 5) is 9.35. The van der Waals surface area contributed by atoms with Crippen molar-refractivity contribution in [3.63, 3.8) is 0 Å². The molecule has 0 aliphatic carbocycles. The van der Waals surface area contributed by atoms with E-state index in [1.54, 1.807) is 6.20 Å². The number of ether oxygens (including phenoxy) is 1. The molecule has 0 aromatic carbocycles. The number of aromatic nitrogens is 6. The second-order valence-electron chi connectivity index (χ2n) is 8.62. The van der Waals surface area contributed by atoms with Gasteiger partial charge in [0, 0.05) is 43.3 Å². The van der Waals surface area contributed by atoms with Crippen molar-refractivity contribution in [2.24, 2.45) is 5.92 Å². The molecule has 5 rings (SSSR count). The van der Waals surface area contributed by atoms with Crippen LogP contribution in [0.2, 0.25) is 0 Å². The molecule has 1 aliphatic rings. The van der Waals surface area contributed by atoms with E-state index in [1.807, 2.05) is 35.3 Å². The summed E-state index contributed by atoms with van der Waals surface area (Å²) in [6.07, 6.45) is 9.85. The molecule has 0 bridgehead atoms. The van der Waals surface area contributed by atoms with Crippen molar-refractivity contribution in [3.8, 4) is 11.1 Å². The van der Waals surface area contributed by atoms with E-state index in [0.717, 1.165) is 60.3 Å². The highest BCUT2D eigenvalue weighted by Gasteiger charge is 2.15. The maximum atomic E-state index is 5.46. The average molecular weight is 430 g/mol. The largest absolute Gasteiger partial charge is 0.381 e. The zero-order valence-corrected chi connectivity index (χ0v) is 18.4. The number of rotatable bonds is 6. The molecule has 0 unspecified atom stereocenters. The third kappa shape index (κ3) is 4.60. The van der Waals surface area contributed by atoms with Gasteiger partial charge in [-0.05, 0) is 54.5 Å². The normalized spacial score (nSPS) is 14.8. The van der Waals surface area contributed by atoms with Gasteiger partial charge in [0.1, 0.15) is 5.82 Å². The number of anilines is 2. The Bertz CT molecular complexity index is 1210. The zero-order valence-electron chi connectivity index (χ0n) is 18.4. The van der Waals surface area contributed by atoms with Crippen LogP contribution in [0.5, 0.6) is 0 Å². The molecule has 164 valence electrons. The van der Waals surface area contributed by atoms with Gasteiger partial charge < -0.3 is 10.1 Å². The summed E-state index contributed by atoms with van der Waals surface area (Å²) in [6, 6.07) is 7.93. The van der Waals surface area contributed by atoms with E-state index in [-0.39, 0.29) is 0 Å². The molecular formula is C24H27N7O. The Balaban J connectivity index is 1.36. The third-order valence-corrected chi connectivity index (χ3v) is 5.89. The average Bonchev–Trinajstić information content (AvgIpc) is 3.28. The minimum absolute atomic E-state index is 0.384. The number of fused-ring (bicyclic) bond motifs is 1. The maximum Gasteiger partial charge on any atom is 0.154 e. The minimum Gasteiger partial charge on any atom is -0.381 e. The fourth-order valence-electron chi connectivity index (χ4n) is 3.93. The Morgan fingerprint density at radius 1 is 1.03 bits per heavy atom. The summed E-state index contributed by atoms with van der Waals surface area (Å²) in [6.45, 7) is 6.89. The Morgan fingerprint density at radius 3 is 2.75 bits per heavy atom. The van der Waals surface area contributed by atoms with Crippen LogP contribution in [-0.4, -0.2) is 43.2 Å². The molecule has 0 spiro atoms. The summed E-state index contributed by atoms with van der Waals surface area (Å²) < 4.78 is 7.49. The van der Waals surface area contributed by atoms with Gasteiger partial charge >= 0.3 is 0 Å². The lowest BCUT2D eigenvalue weighted by molar-refractivity contribution is 0.0601. The van der Waals surface area contributed by atoms with Gasteiger partial charge in [-0.25, -0.2) is 4.98 Å². The van der Waals surface area contributed by atoms with Crippen LogP contribution in [0.25, 0.3) is 22.2 Å². The van der Waals surface area contributed by atoms with Crippen molar-refractivity contribution < 1.29 is 4.74 Å². The number of nitrogens with one attached hydrogen (secondary N) is 1. The molecule has 4 aromatic rings. The maximum absolute atomic E-state index is 5.46. The third-order valence-electron chi connectivity index (χ3n) is 5.89. The molecule has 0 atom stereocenters. The molecule has 8 heteroatoms. The molecule has 32 heavy (non-hydrogen) atoms. The second kappa shape index (κ2) is 9.00. The van der Waals surface area contributed by atoms with Gasteiger partial charge in [0.2, 0.25) is 0 Å². The van der Waals surface area contributed by atoms with Crippen molar-refractivity contribution in [2.45, 2.75) is 39.2 Å². The van der Waals surface area contributed by atoms with E-state index in [4.69, 9.17) is 9.72 Å². The standard InChI is InChI=1S/C24H27N7O/c1-16(2)18-10-24(30-26-12-18)29-23-4-3-21-22(28-23)9-19(11-25-21)20-13-27-31(15-20)14-17-5-7-32-8-6-17/h3-4,9-13,15-17H,5-8,14H2,1-2H3,(H,28,29,30). The molecule has 1 aliphatic heterocycles. The molecule has 1 saturated heterocycles. The highest BCUT2D eigenvalue weighted by atomic mass is 16.5. The summed E-state index contributed by atoms with van der Waals surface area (Å²) in [7, 11) is 0. The van der Waals surface area contributed by atoms with Crippen LogP contribution in [0.15, 0.2) is 49.1 Å². The zero-order chi connectivity index (χ0) is 21.9. The van der Waals surface area contributed by atoms with Crippen LogP contribution in [0.4, 0.5) is 11.6 Å². The minimum atomic E-state index is 0.384. The lowest BCUT2D eigenvalue weighted by Gasteiger charge is -2.21. The smallest absolute Gasteiger partial charge is 0.154 e. The second-order valence-corrected chi connectivity index (χ2v) is 8.62. The van der Waals surface area contributed by atoms with Gasteiger partial charge in [-0.15, -0.1) is 5.10 Å². The van der Waals surface area contributed by atoms with Crippen LogP contribution in [0.1, 0.15) is 38.2 Å². The van der Waals surface area contributed by atoms with Crippen molar-refractivity contribution in [2.75, 3.05) is 18.5 Å². The summed E-state index contributed by atoms with van der Waals surface area (Å²) in [5.74, 6) is 2.40. The lowest BCUT2D eigenvalue weighted by atomic mass is 10.0. The Morgan fingerprint density at radius 2 is 1.91 bits per heavy atom. The topological polar surface area (TPSA) is 90.6 Å². The van der Waals surface area contributed by atoms with Crippen LogP contribution < -0.4 is 5.32 Å². The lowest BCUT2D eigenvalue weighted by Crippen LogP contribution is -2.20. The number of pyridine rings is 2. The first-order valence-corrected chi connectivity index (χ1v) is 11.1. The SMILES string of the molecule is CC(C)c1cnnc(Nc2ccc3ncc(-c4cnn(CC5CCOCC5)c4)cc3n2)c1. The van der Waals surface area contributed by atoms with E-state index in [9.17, 15) is 0 Å². The first-order chi connectivity index (χ1) is 15.6. The molecule has 5 heterocycles. The number of hydrogen-bond acceptors (Lipinski definition) is 7. The Hall–Kier alpha value is -3.39.